The van der Waals surface area contributed by atoms with Crippen LogP contribution in [0.25, 0.3) is 0 Å². The Morgan fingerprint density at radius 1 is 0.371 bits per heavy atom. The highest BCUT2D eigenvalue weighted by Crippen LogP contribution is 2.17. The number of amides is 1. The summed E-state index contributed by atoms with van der Waals surface area (Å²) in [5.41, 5.74) is 0. The average molecular weight is 873 g/mol. The van der Waals surface area contributed by atoms with E-state index in [2.05, 4.69) is 31.3 Å². The standard InChI is InChI=1S/C58H113NO3/c1-3-5-7-9-11-13-15-17-19-21-23-25-27-29-31-33-35-37-39-41-43-45-47-49-51-53-57(61)56(55-60)59-58(62)54-52-50-48-46-44-42-40-38-36-34-32-30-28-26-24-22-20-18-16-14-12-10-8-6-4-2/h30,32,51,53,56-57,60-61H,3-29,31,33-50,52,54-55H2,1-2H3,(H,59,62)/b32-30-,53-51+. The van der Waals surface area contributed by atoms with Crippen LogP contribution in [-0.2, 0) is 4.79 Å². The third kappa shape index (κ3) is 49.9. The predicted molar refractivity (Wildman–Crippen MR) is 276 cm³/mol. The third-order valence-corrected chi connectivity index (χ3v) is 13.4. The van der Waals surface area contributed by atoms with Gasteiger partial charge in [-0.05, 0) is 44.9 Å². The summed E-state index contributed by atoms with van der Waals surface area (Å²) in [6, 6.07) is -0.622. The minimum atomic E-state index is -0.839. The van der Waals surface area contributed by atoms with Crippen molar-refractivity contribution in [1.82, 2.24) is 5.32 Å². The number of unbranched alkanes of at least 4 members (excludes halogenated alkanes) is 44. The zero-order valence-electron chi connectivity index (χ0n) is 42.4. The summed E-state index contributed by atoms with van der Waals surface area (Å²) in [4.78, 5) is 12.5. The minimum Gasteiger partial charge on any atom is -0.394 e. The molecule has 4 heteroatoms. The van der Waals surface area contributed by atoms with Gasteiger partial charge in [0.2, 0.25) is 5.91 Å². The Bertz CT molecular complexity index is 901. The highest BCUT2D eigenvalue weighted by atomic mass is 16.3. The van der Waals surface area contributed by atoms with E-state index in [1.54, 1.807) is 6.08 Å². The van der Waals surface area contributed by atoms with Gasteiger partial charge in [-0.25, -0.2) is 0 Å². The fourth-order valence-corrected chi connectivity index (χ4v) is 9.06. The van der Waals surface area contributed by atoms with Gasteiger partial charge in [0.1, 0.15) is 0 Å². The van der Waals surface area contributed by atoms with E-state index in [0.29, 0.717) is 6.42 Å². The maximum atomic E-state index is 12.5. The highest BCUT2D eigenvalue weighted by molar-refractivity contribution is 5.76. The summed E-state index contributed by atoms with van der Waals surface area (Å²) in [5.74, 6) is -0.0607. The molecule has 0 fully saturated rings. The maximum absolute atomic E-state index is 12.5. The Kier molecular flexibility index (Phi) is 53.2. The van der Waals surface area contributed by atoms with E-state index >= 15 is 0 Å². The number of rotatable bonds is 53. The summed E-state index contributed by atoms with van der Waals surface area (Å²) in [6.45, 7) is 4.35. The van der Waals surface area contributed by atoms with Gasteiger partial charge in [-0.3, -0.25) is 4.79 Å². The lowest BCUT2D eigenvalue weighted by molar-refractivity contribution is -0.123. The average Bonchev–Trinajstić information content (AvgIpc) is 3.28. The molecule has 0 aliphatic carbocycles. The topological polar surface area (TPSA) is 69.6 Å². The number of hydrogen-bond donors (Lipinski definition) is 3. The Hall–Kier alpha value is -1.13. The number of aliphatic hydroxyl groups is 2. The fraction of sp³-hybridized carbons (Fsp3) is 0.914. The molecule has 0 heterocycles. The van der Waals surface area contributed by atoms with Gasteiger partial charge in [0.05, 0.1) is 18.8 Å². The molecule has 0 aliphatic rings. The first-order valence-corrected chi connectivity index (χ1v) is 28.6. The molecular formula is C58H113NO3. The van der Waals surface area contributed by atoms with Gasteiger partial charge in [0.25, 0.3) is 0 Å². The predicted octanol–water partition coefficient (Wildman–Crippen LogP) is 18.7. The maximum Gasteiger partial charge on any atom is 0.220 e. The summed E-state index contributed by atoms with van der Waals surface area (Å²) < 4.78 is 0. The summed E-state index contributed by atoms with van der Waals surface area (Å²) in [7, 11) is 0. The SMILES string of the molecule is CCCCCCCCCCCCCC/C=C\CCCCCCCCCCCC(=O)NC(CO)C(O)/C=C/CCCCCCCCCCCCCCCCCCCCCCCCC. The molecule has 0 rings (SSSR count). The first-order valence-electron chi connectivity index (χ1n) is 28.6. The second kappa shape index (κ2) is 54.2. The Labute approximate surface area is 389 Å². The molecule has 62 heavy (non-hydrogen) atoms. The van der Waals surface area contributed by atoms with Crippen LogP contribution in [0.2, 0.25) is 0 Å². The van der Waals surface area contributed by atoms with Gasteiger partial charge in [-0.2, -0.15) is 0 Å². The van der Waals surface area contributed by atoms with Crippen LogP contribution in [0.15, 0.2) is 24.3 Å². The van der Waals surface area contributed by atoms with Crippen LogP contribution < -0.4 is 5.32 Å². The number of carbonyl (C=O) groups excluding carboxylic acids is 1. The molecular weight excluding hydrogens is 759 g/mol. The smallest absolute Gasteiger partial charge is 0.220 e. The summed E-state index contributed by atoms with van der Waals surface area (Å²) in [5, 5.41) is 23.2. The summed E-state index contributed by atoms with van der Waals surface area (Å²) in [6.07, 6.45) is 72.0. The largest absolute Gasteiger partial charge is 0.394 e. The second-order valence-corrected chi connectivity index (χ2v) is 19.7. The molecule has 0 aromatic rings. The van der Waals surface area contributed by atoms with Crippen LogP contribution in [0.1, 0.15) is 322 Å². The molecule has 368 valence electrons. The molecule has 0 saturated carbocycles. The number of nitrogens with one attached hydrogen (secondary N) is 1. The molecule has 0 aromatic heterocycles. The Morgan fingerprint density at radius 2 is 0.613 bits per heavy atom. The molecule has 0 saturated heterocycles. The highest BCUT2D eigenvalue weighted by Gasteiger charge is 2.18. The van der Waals surface area contributed by atoms with Crippen LogP contribution in [-0.4, -0.2) is 34.9 Å². The number of allylic oxidation sites excluding steroid dienone is 3. The lowest BCUT2D eigenvalue weighted by Crippen LogP contribution is -2.45. The van der Waals surface area contributed by atoms with Gasteiger partial charge in [0, 0.05) is 6.42 Å². The molecule has 0 aliphatic heterocycles. The number of aliphatic hydroxyl groups excluding tert-OH is 2. The van der Waals surface area contributed by atoms with Crippen molar-refractivity contribution in [2.75, 3.05) is 6.61 Å². The van der Waals surface area contributed by atoms with E-state index in [1.165, 1.54) is 276 Å². The van der Waals surface area contributed by atoms with Gasteiger partial charge in [-0.15, -0.1) is 0 Å². The first kappa shape index (κ1) is 60.9. The molecule has 0 spiro atoms. The molecule has 3 N–H and O–H groups in total. The molecule has 1 amide bonds. The van der Waals surface area contributed by atoms with Crippen molar-refractivity contribution in [3.8, 4) is 0 Å². The molecule has 0 bridgehead atoms. The Balaban J connectivity index is 3.48. The van der Waals surface area contributed by atoms with E-state index in [-0.39, 0.29) is 12.5 Å². The normalized spacial score (nSPS) is 12.9. The third-order valence-electron chi connectivity index (χ3n) is 13.4. The van der Waals surface area contributed by atoms with Gasteiger partial charge < -0.3 is 15.5 Å². The van der Waals surface area contributed by atoms with Crippen LogP contribution >= 0.6 is 0 Å². The second-order valence-electron chi connectivity index (χ2n) is 19.7. The number of carbonyl (C=O) groups is 1. The molecule has 2 atom stereocenters. The molecule has 4 nitrogen and oxygen atoms in total. The fourth-order valence-electron chi connectivity index (χ4n) is 9.06. The zero-order valence-corrected chi connectivity index (χ0v) is 42.4. The first-order chi connectivity index (χ1) is 30.7. The van der Waals surface area contributed by atoms with Crippen LogP contribution in [0.4, 0.5) is 0 Å². The van der Waals surface area contributed by atoms with Crippen molar-refractivity contribution in [1.29, 1.82) is 0 Å². The molecule has 0 aromatic carbocycles. The lowest BCUT2D eigenvalue weighted by Gasteiger charge is -2.20. The van der Waals surface area contributed by atoms with E-state index in [9.17, 15) is 15.0 Å². The molecule has 0 radical (unpaired) electrons. The zero-order chi connectivity index (χ0) is 44.9. The monoisotopic (exact) mass is 872 g/mol. The van der Waals surface area contributed by atoms with Crippen molar-refractivity contribution >= 4 is 5.91 Å². The van der Waals surface area contributed by atoms with E-state index in [1.807, 2.05) is 6.08 Å². The quantitative estimate of drug-likeness (QED) is 0.0421. The van der Waals surface area contributed by atoms with Gasteiger partial charge in [-0.1, -0.05) is 295 Å². The van der Waals surface area contributed by atoms with Crippen molar-refractivity contribution in [2.45, 2.75) is 334 Å². The van der Waals surface area contributed by atoms with Crippen molar-refractivity contribution in [3.63, 3.8) is 0 Å². The van der Waals surface area contributed by atoms with Crippen molar-refractivity contribution < 1.29 is 15.0 Å². The lowest BCUT2D eigenvalue weighted by atomic mass is 10.0. The van der Waals surface area contributed by atoms with Gasteiger partial charge in [0.15, 0.2) is 0 Å². The number of hydrogen-bond acceptors (Lipinski definition) is 3. The van der Waals surface area contributed by atoms with Crippen molar-refractivity contribution in [2.24, 2.45) is 0 Å². The van der Waals surface area contributed by atoms with E-state index in [0.717, 1.165) is 25.7 Å². The minimum absolute atomic E-state index is 0.0607. The van der Waals surface area contributed by atoms with E-state index < -0.39 is 12.1 Å². The van der Waals surface area contributed by atoms with Crippen LogP contribution in [0.5, 0.6) is 0 Å². The molecule has 2 unspecified atom stereocenters. The van der Waals surface area contributed by atoms with Crippen LogP contribution in [0.3, 0.4) is 0 Å². The van der Waals surface area contributed by atoms with Crippen LogP contribution in [0, 0.1) is 0 Å². The summed E-state index contributed by atoms with van der Waals surface area (Å²) >= 11 is 0. The van der Waals surface area contributed by atoms with Gasteiger partial charge >= 0.3 is 0 Å². The van der Waals surface area contributed by atoms with Crippen molar-refractivity contribution in [3.05, 3.63) is 24.3 Å². The van der Waals surface area contributed by atoms with E-state index in [4.69, 9.17) is 0 Å². The Morgan fingerprint density at radius 3 is 0.887 bits per heavy atom.